The second-order valence-electron chi connectivity index (χ2n) is 4.60. The highest BCUT2D eigenvalue weighted by Crippen LogP contribution is 2.26. The maximum atomic E-state index is 12.5. The number of hydrogen-bond acceptors (Lipinski definition) is 3. The molecule has 0 amide bonds. The molecule has 0 saturated heterocycles. The van der Waals surface area contributed by atoms with E-state index in [0.717, 1.165) is 0 Å². The van der Waals surface area contributed by atoms with Crippen LogP contribution >= 0.6 is 11.6 Å². The van der Waals surface area contributed by atoms with Gasteiger partial charge < -0.3 is 5.73 Å². The molecule has 4 nitrogen and oxygen atoms in total. The molecular weight excluding hydrogens is 296 g/mol. The van der Waals surface area contributed by atoms with Gasteiger partial charge >= 0.3 is 0 Å². The van der Waals surface area contributed by atoms with Crippen LogP contribution in [0, 0.1) is 13.8 Å². The van der Waals surface area contributed by atoms with Crippen molar-refractivity contribution < 1.29 is 8.42 Å². The molecule has 0 aliphatic rings. The van der Waals surface area contributed by atoms with Gasteiger partial charge in [-0.15, -0.1) is 0 Å². The van der Waals surface area contributed by atoms with Crippen LogP contribution in [0.15, 0.2) is 41.3 Å². The van der Waals surface area contributed by atoms with E-state index in [1.807, 2.05) is 0 Å². The first-order chi connectivity index (χ1) is 9.29. The Morgan fingerprint density at radius 2 is 1.70 bits per heavy atom. The first-order valence-electron chi connectivity index (χ1n) is 5.95. The molecule has 3 N–H and O–H groups in total. The van der Waals surface area contributed by atoms with Gasteiger partial charge in [0.15, 0.2) is 0 Å². The highest BCUT2D eigenvalue weighted by molar-refractivity contribution is 7.92. The maximum Gasteiger partial charge on any atom is 0.262 e. The Hall–Kier alpha value is -1.72. The van der Waals surface area contributed by atoms with Crippen molar-refractivity contribution in [3.05, 3.63) is 52.5 Å². The summed E-state index contributed by atoms with van der Waals surface area (Å²) in [5.74, 6) is 0. The van der Waals surface area contributed by atoms with Gasteiger partial charge in [-0.3, -0.25) is 4.72 Å². The lowest BCUT2D eigenvalue weighted by Crippen LogP contribution is -2.16. The fourth-order valence-corrected chi connectivity index (χ4v) is 3.86. The summed E-state index contributed by atoms with van der Waals surface area (Å²) in [5, 5.41) is 0.468. The molecule has 20 heavy (non-hydrogen) atoms. The Morgan fingerprint density at radius 1 is 1.10 bits per heavy atom. The summed E-state index contributed by atoms with van der Waals surface area (Å²) >= 11 is 5.85. The number of hydrogen-bond donors (Lipinski definition) is 2. The molecule has 0 heterocycles. The maximum absolute atomic E-state index is 12.5. The average Bonchev–Trinajstić information content (AvgIpc) is 2.25. The third-order valence-electron chi connectivity index (χ3n) is 2.83. The third kappa shape index (κ3) is 3.05. The molecule has 0 aliphatic carbocycles. The van der Waals surface area contributed by atoms with E-state index in [9.17, 15) is 8.42 Å². The molecule has 0 spiro atoms. The predicted octanol–water partition coefficient (Wildman–Crippen LogP) is 3.34. The number of nitrogens with one attached hydrogen (secondary N) is 1. The fraction of sp³-hybridized carbons (Fsp3) is 0.143. The zero-order valence-corrected chi connectivity index (χ0v) is 12.7. The molecule has 0 atom stereocenters. The molecule has 106 valence electrons. The minimum atomic E-state index is -3.67. The lowest BCUT2D eigenvalue weighted by Gasteiger charge is -2.13. The zero-order valence-electron chi connectivity index (χ0n) is 11.1. The van der Waals surface area contributed by atoms with Crippen molar-refractivity contribution in [2.24, 2.45) is 0 Å². The standard InChI is InChI=1S/C14H15ClN2O2S/c1-9-6-12(16)7-10(2)14(9)20(18,19)17-13-5-3-4-11(15)8-13/h3-8,17H,16H2,1-2H3. The minimum Gasteiger partial charge on any atom is -0.399 e. The van der Waals surface area contributed by atoms with E-state index in [0.29, 0.717) is 27.5 Å². The van der Waals surface area contributed by atoms with Crippen LogP contribution in [0.1, 0.15) is 11.1 Å². The van der Waals surface area contributed by atoms with Crippen LogP contribution in [0.5, 0.6) is 0 Å². The number of rotatable bonds is 3. The molecule has 0 saturated carbocycles. The molecule has 6 heteroatoms. The summed E-state index contributed by atoms with van der Waals surface area (Å²) in [6.07, 6.45) is 0. The van der Waals surface area contributed by atoms with Gasteiger partial charge in [-0.2, -0.15) is 0 Å². The lowest BCUT2D eigenvalue weighted by molar-refractivity contribution is 0.600. The molecule has 2 aromatic rings. The van der Waals surface area contributed by atoms with Gasteiger partial charge in [0.25, 0.3) is 10.0 Å². The van der Waals surface area contributed by atoms with E-state index in [4.69, 9.17) is 17.3 Å². The van der Waals surface area contributed by atoms with E-state index in [-0.39, 0.29) is 4.90 Å². The van der Waals surface area contributed by atoms with Gasteiger partial charge in [0.2, 0.25) is 0 Å². The number of aryl methyl sites for hydroxylation is 2. The average molecular weight is 311 g/mol. The van der Waals surface area contributed by atoms with E-state index in [1.165, 1.54) is 0 Å². The monoisotopic (exact) mass is 310 g/mol. The number of sulfonamides is 1. The van der Waals surface area contributed by atoms with Crippen LogP contribution in [-0.2, 0) is 10.0 Å². The Morgan fingerprint density at radius 3 is 2.25 bits per heavy atom. The van der Waals surface area contributed by atoms with Gasteiger partial charge in [0.1, 0.15) is 0 Å². The van der Waals surface area contributed by atoms with Crippen LogP contribution in [0.4, 0.5) is 11.4 Å². The first kappa shape index (κ1) is 14.7. The van der Waals surface area contributed by atoms with Crippen molar-refractivity contribution in [2.75, 3.05) is 10.5 Å². The van der Waals surface area contributed by atoms with Gasteiger partial charge in [0.05, 0.1) is 10.6 Å². The summed E-state index contributed by atoms with van der Waals surface area (Å²) in [7, 11) is -3.67. The summed E-state index contributed by atoms with van der Waals surface area (Å²) in [6, 6.07) is 9.84. The quantitative estimate of drug-likeness (QED) is 0.854. The number of nitrogen functional groups attached to an aromatic ring is 1. The Bertz CT molecular complexity index is 735. The molecule has 0 fully saturated rings. The van der Waals surface area contributed by atoms with Crippen molar-refractivity contribution in [3.8, 4) is 0 Å². The molecule has 0 aliphatic heterocycles. The van der Waals surface area contributed by atoms with Gasteiger partial charge in [-0.25, -0.2) is 8.42 Å². The van der Waals surface area contributed by atoms with Crippen LogP contribution in [0.25, 0.3) is 0 Å². The molecule has 2 aromatic carbocycles. The predicted molar refractivity (Wildman–Crippen MR) is 82.6 cm³/mol. The Labute approximate surface area is 123 Å². The number of nitrogens with two attached hydrogens (primary N) is 1. The van der Waals surface area contributed by atoms with Gasteiger partial charge in [-0.05, 0) is 55.3 Å². The van der Waals surface area contributed by atoms with Crippen LogP contribution < -0.4 is 10.5 Å². The third-order valence-corrected chi connectivity index (χ3v) is 4.75. The highest BCUT2D eigenvalue weighted by atomic mass is 35.5. The number of halogens is 1. The summed E-state index contributed by atoms with van der Waals surface area (Å²) in [6.45, 7) is 3.44. The van der Waals surface area contributed by atoms with Crippen molar-refractivity contribution in [2.45, 2.75) is 18.7 Å². The second-order valence-corrected chi connectivity index (χ2v) is 6.66. The number of benzene rings is 2. The van der Waals surface area contributed by atoms with E-state index >= 15 is 0 Å². The second kappa shape index (κ2) is 5.34. The molecule has 0 radical (unpaired) electrons. The molecular formula is C14H15ClN2O2S. The van der Waals surface area contributed by atoms with E-state index < -0.39 is 10.0 Å². The zero-order chi connectivity index (χ0) is 14.9. The van der Waals surface area contributed by atoms with Crippen LogP contribution in [0.2, 0.25) is 5.02 Å². The Balaban J connectivity index is 2.46. The van der Waals surface area contributed by atoms with Crippen molar-refractivity contribution in [1.82, 2.24) is 0 Å². The topological polar surface area (TPSA) is 72.2 Å². The largest absolute Gasteiger partial charge is 0.399 e. The first-order valence-corrected chi connectivity index (χ1v) is 7.81. The fourth-order valence-electron chi connectivity index (χ4n) is 2.17. The SMILES string of the molecule is Cc1cc(N)cc(C)c1S(=O)(=O)Nc1cccc(Cl)c1. The van der Waals surface area contributed by atoms with Crippen LogP contribution in [-0.4, -0.2) is 8.42 Å². The summed E-state index contributed by atoms with van der Waals surface area (Å²) in [5.41, 5.74) is 7.90. The summed E-state index contributed by atoms with van der Waals surface area (Å²) in [4.78, 5) is 0.242. The van der Waals surface area contributed by atoms with E-state index in [2.05, 4.69) is 4.72 Å². The normalized spacial score (nSPS) is 11.3. The van der Waals surface area contributed by atoms with E-state index in [1.54, 1.807) is 50.2 Å². The molecule has 0 unspecified atom stereocenters. The summed E-state index contributed by atoms with van der Waals surface area (Å²) < 4.78 is 27.5. The lowest BCUT2D eigenvalue weighted by atomic mass is 10.1. The highest BCUT2D eigenvalue weighted by Gasteiger charge is 2.20. The van der Waals surface area contributed by atoms with Crippen molar-refractivity contribution >= 4 is 33.0 Å². The Kier molecular flexibility index (Phi) is 3.92. The molecule has 2 rings (SSSR count). The minimum absolute atomic E-state index is 0.242. The van der Waals surface area contributed by atoms with Crippen molar-refractivity contribution in [3.63, 3.8) is 0 Å². The van der Waals surface area contributed by atoms with Gasteiger partial charge in [0, 0.05) is 10.7 Å². The smallest absolute Gasteiger partial charge is 0.262 e. The number of anilines is 2. The molecule has 0 aromatic heterocycles. The van der Waals surface area contributed by atoms with Crippen molar-refractivity contribution in [1.29, 1.82) is 0 Å². The van der Waals surface area contributed by atoms with Crippen LogP contribution in [0.3, 0.4) is 0 Å². The van der Waals surface area contributed by atoms with Gasteiger partial charge in [-0.1, -0.05) is 17.7 Å². The molecule has 0 bridgehead atoms.